The van der Waals surface area contributed by atoms with Crippen molar-refractivity contribution in [1.82, 2.24) is 10.3 Å². The summed E-state index contributed by atoms with van der Waals surface area (Å²) < 4.78 is 5.35. The fourth-order valence-corrected chi connectivity index (χ4v) is 3.63. The number of aryl methyl sites for hydroxylation is 2. The highest BCUT2D eigenvalue weighted by Gasteiger charge is 2.44. The lowest BCUT2D eigenvalue weighted by Gasteiger charge is -2.17. The number of pyridine rings is 1. The molecule has 1 aromatic heterocycles. The lowest BCUT2D eigenvalue weighted by Crippen LogP contribution is -2.32. The normalized spacial score (nSPS) is 17.2. The molecule has 0 aliphatic heterocycles. The van der Waals surface area contributed by atoms with Crippen LogP contribution in [0.1, 0.15) is 46.4 Å². The van der Waals surface area contributed by atoms with Gasteiger partial charge >= 0.3 is 0 Å². The molecule has 1 saturated carbocycles. The van der Waals surface area contributed by atoms with Gasteiger partial charge in [0, 0.05) is 17.7 Å². The van der Waals surface area contributed by atoms with E-state index in [4.69, 9.17) is 4.74 Å². The standard InChI is InChI=1S/C20H22N2O2/c1-24-19-16(12-14-6-5-9-17(14)22-19)18(23)21-13-20(10-11-20)15-7-3-2-4-8-15/h2-4,7-8,12H,5-6,9-11,13H2,1H3,(H,21,23). The molecule has 124 valence electrons. The van der Waals surface area contributed by atoms with E-state index in [2.05, 4.69) is 34.6 Å². The molecule has 0 atom stereocenters. The molecule has 4 heteroatoms. The van der Waals surface area contributed by atoms with Crippen molar-refractivity contribution >= 4 is 5.91 Å². The summed E-state index contributed by atoms with van der Waals surface area (Å²) >= 11 is 0. The number of ether oxygens (including phenoxy) is 1. The number of nitrogens with one attached hydrogen (secondary N) is 1. The Morgan fingerprint density at radius 1 is 1.25 bits per heavy atom. The quantitative estimate of drug-likeness (QED) is 0.920. The first-order valence-corrected chi connectivity index (χ1v) is 8.62. The zero-order valence-electron chi connectivity index (χ0n) is 14.0. The number of methoxy groups -OCH3 is 1. The first-order chi connectivity index (χ1) is 11.7. The van der Waals surface area contributed by atoms with Crippen LogP contribution in [0.4, 0.5) is 0 Å². The van der Waals surface area contributed by atoms with E-state index in [-0.39, 0.29) is 11.3 Å². The Balaban J connectivity index is 1.51. The van der Waals surface area contributed by atoms with Crippen molar-refractivity contribution < 1.29 is 9.53 Å². The molecule has 0 unspecified atom stereocenters. The van der Waals surface area contributed by atoms with Crippen LogP contribution in [-0.2, 0) is 18.3 Å². The van der Waals surface area contributed by atoms with Crippen LogP contribution in [0.3, 0.4) is 0 Å². The molecule has 1 heterocycles. The number of carbonyl (C=O) groups is 1. The molecule has 0 bridgehead atoms. The minimum Gasteiger partial charge on any atom is -0.480 e. The van der Waals surface area contributed by atoms with E-state index >= 15 is 0 Å². The van der Waals surface area contributed by atoms with E-state index in [0.29, 0.717) is 18.0 Å². The SMILES string of the molecule is COc1nc2c(cc1C(=O)NCC1(c3ccccc3)CC1)CCC2. The second-order valence-corrected chi connectivity index (χ2v) is 6.83. The van der Waals surface area contributed by atoms with Crippen LogP contribution in [0.2, 0.25) is 0 Å². The molecule has 1 aromatic carbocycles. The third kappa shape index (κ3) is 2.66. The van der Waals surface area contributed by atoms with E-state index in [1.165, 1.54) is 11.1 Å². The predicted octanol–water partition coefficient (Wildman–Crippen LogP) is 3.04. The van der Waals surface area contributed by atoms with Crippen molar-refractivity contribution in [3.63, 3.8) is 0 Å². The van der Waals surface area contributed by atoms with Crippen molar-refractivity contribution in [2.45, 2.75) is 37.5 Å². The van der Waals surface area contributed by atoms with Gasteiger partial charge in [0.05, 0.1) is 7.11 Å². The van der Waals surface area contributed by atoms with E-state index in [9.17, 15) is 4.79 Å². The third-order valence-corrected chi connectivity index (χ3v) is 5.28. The zero-order chi connectivity index (χ0) is 16.6. The maximum absolute atomic E-state index is 12.7. The Bertz CT molecular complexity index is 767. The highest BCUT2D eigenvalue weighted by atomic mass is 16.5. The van der Waals surface area contributed by atoms with Crippen LogP contribution in [0, 0.1) is 0 Å². The smallest absolute Gasteiger partial charge is 0.256 e. The summed E-state index contributed by atoms with van der Waals surface area (Å²) in [6.07, 6.45) is 5.33. The van der Waals surface area contributed by atoms with E-state index in [0.717, 1.165) is 37.8 Å². The largest absolute Gasteiger partial charge is 0.480 e. The van der Waals surface area contributed by atoms with Crippen LogP contribution in [0.25, 0.3) is 0 Å². The Labute approximate surface area is 142 Å². The molecular weight excluding hydrogens is 300 g/mol. The first-order valence-electron chi connectivity index (χ1n) is 8.62. The van der Waals surface area contributed by atoms with Gasteiger partial charge in [-0.25, -0.2) is 4.98 Å². The molecular formula is C20H22N2O2. The van der Waals surface area contributed by atoms with Crippen molar-refractivity contribution in [2.24, 2.45) is 0 Å². The molecule has 24 heavy (non-hydrogen) atoms. The Kier molecular flexibility index (Phi) is 3.75. The van der Waals surface area contributed by atoms with Crippen molar-refractivity contribution in [3.05, 3.63) is 58.8 Å². The van der Waals surface area contributed by atoms with Crippen LogP contribution in [0.5, 0.6) is 5.88 Å². The lowest BCUT2D eigenvalue weighted by molar-refractivity contribution is 0.0945. The molecule has 4 rings (SSSR count). The van der Waals surface area contributed by atoms with E-state index < -0.39 is 0 Å². The lowest BCUT2D eigenvalue weighted by atomic mass is 9.96. The average molecular weight is 322 g/mol. The van der Waals surface area contributed by atoms with Gasteiger partial charge in [0.25, 0.3) is 5.91 Å². The van der Waals surface area contributed by atoms with Gasteiger partial charge < -0.3 is 10.1 Å². The number of aromatic nitrogens is 1. The van der Waals surface area contributed by atoms with Crippen molar-refractivity contribution in [1.29, 1.82) is 0 Å². The minimum absolute atomic E-state index is 0.0868. The highest BCUT2D eigenvalue weighted by molar-refractivity contribution is 5.96. The number of hydrogen-bond donors (Lipinski definition) is 1. The maximum Gasteiger partial charge on any atom is 0.256 e. The summed E-state index contributed by atoms with van der Waals surface area (Å²) in [7, 11) is 1.58. The molecule has 0 spiro atoms. The van der Waals surface area contributed by atoms with Crippen LogP contribution >= 0.6 is 0 Å². The number of benzene rings is 1. The van der Waals surface area contributed by atoms with Gasteiger partial charge in [0.1, 0.15) is 5.56 Å². The Morgan fingerprint density at radius 3 is 2.75 bits per heavy atom. The van der Waals surface area contributed by atoms with Crippen LogP contribution < -0.4 is 10.1 Å². The second-order valence-electron chi connectivity index (χ2n) is 6.83. The fraction of sp³-hybridized carbons (Fsp3) is 0.400. The van der Waals surface area contributed by atoms with E-state index in [1.54, 1.807) is 7.11 Å². The summed E-state index contributed by atoms with van der Waals surface area (Å²) in [5.74, 6) is 0.356. The molecule has 2 aliphatic carbocycles. The molecule has 1 fully saturated rings. The number of fused-ring (bicyclic) bond motifs is 1. The molecule has 0 radical (unpaired) electrons. The van der Waals surface area contributed by atoms with Gasteiger partial charge in [-0.1, -0.05) is 30.3 Å². The Hall–Kier alpha value is -2.36. The molecule has 4 nitrogen and oxygen atoms in total. The molecule has 2 aromatic rings. The minimum atomic E-state index is -0.0868. The first kappa shape index (κ1) is 15.2. The van der Waals surface area contributed by atoms with Gasteiger partial charge in [-0.3, -0.25) is 4.79 Å². The molecule has 1 N–H and O–H groups in total. The molecule has 2 aliphatic rings. The summed E-state index contributed by atoms with van der Waals surface area (Å²) in [6, 6.07) is 12.4. The molecule has 1 amide bonds. The second kappa shape index (κ2) is 5.93. The van der Waals surface area contributed by atoms with Gasteiger partial charge in [-0.15, -0.1) is 0 Å². The number of hydrogen-bond acceptors (Lipinski definition) is 3. The highest BCUT2D eigenvalue weighted by Crippen LogP contribution is 2.47. The molecule has 0 saturated heterocycles. The van der Waals surface area contributed by atoms with Gasteiger partial charge in [0.2, 0.25) is 5.88 Å². The maximum atomic E-state index is 12.7. The zero-order valence-corrected chi connectivity index (χ0v) is 14.0. The van der Waals surface area contributed by atoms with Crippen LogP contribution in [0.15, 0.2) is 36.4 Å². The average Bonchev–Trinajstić information content (AvgIpc) is 3.29. The number of amides is 1. The summed E-state index contributed by atoms with van der Waals surface area (Å²) in [5.41, 5.74) is 4.23. The van der Waals surface area contributed by atoms with Crippen molar-refractivity contribution in [3.8, 4) is 5.88 Å². The monoisotopic (exact) mass is 322 g/mol. The van der Waals surface area contributed by atoms with E-state index in [1.807, 2.05) is 12.1 Å². The summed E-state index contributed by atoms with van der Waals surface area (Å²) in [5, 5.41) is 3.11. The van der Waals surface area contributed by atoms with Gasteiger partial charge in [0.15, 0.2) is 0 Å². The summed E-state index contributed by atoms with van der Waals surface area (Å²) in [4.78, 5) is 17.2. The number of carbonyl (C=O) groups excluding carboxylic acids is 1. The van der Waals surface area contributed by atoms with Gasteiger partial charge in [-0.05, 0) is 49.3 Å². The van der Waals surface area contributed by atoms with Crippen molar-refractivity contribution in [2.75, 3.05) is 13.7 Å². The third-order valence-electron chi connectivity index (χ3n) is 5.28. The Morgan fingerprint density at radius 2 is 2.04 bits per heavy atom. The number of nitrogens with zero attached hydrogens (tertiary/aromatic N) is 1. The fourth-order valence-electron chi connectivity index (χ4n) is 3.63. The number of rotatable bonds is 5. The van der Waals surface area contributed by atoms with Crippen LogP contribution in [-0.4, -0.2) is 24.5 Å². The predicted molar refractivity (Wildman–Crippen MR) is 92.5 cm³/mol. The van der Waals surface area contributed by atoms with Gasteiger partial charge in [-0.2, -0.15) is 0 Å². The topological polar surface area (TPSA) is 51.2 Å². The summed E-state index contributed by atoms with van der Waals surface area (Å²) in [6.45, 7) is 0.663.